The Morgan fingerprint density at radius 2 is 0.957 bits per heavy atom. The topological polar surface area (TPSA) is 230 Å². The highest BCUT2D eigenvalue weighted by Gasteiger charge is 2.39. The lowest BCUT2D eigenvalue weighted by Crippen LogP contribution is -2.51. The Hall–Kier alpha value is -6.22. The number of aromatic nitrogens is 4. The van der Waals surface area contributed by atoms with Crippen LogP contribution in [0.15, 0.2) is 48.8 Å². The summed E-state index contributed by atoms with van der Waals surface area (Å²) in [7, 11) is 2.56. The number of amides is 4. The molecule has 20 heteroatoms. The van der Waals surface area contributed by atoms with Crippen LogP contribution >= 0.6 is 0 Å². The molecule has 4 N–H and O–H groups in total. The number of nitrogens with zero attached hydrogens (tertiary/aromatic N) is 4. The van der Waals surface area contributed by atoms with Crippen molar-refractivity contribution in [2.75, 3.05) is 93.4 Å². The molecular weight excluding hydrogens is 905 g/mol. The third-order valence-electron chi connectivity index (χ3n) is 12.6. The number of methoxy groups -OCH3 is 2. The number of aromatic amines is 2. The van der Waals surface area contributed by atoms with E-state index in [9.17, 15) is 19.2 Å². The summed E-state index contributed by atoms with van der Waals surface area (Å²) in [6, 6.07) is 9.78. The molecule has 0 unspecified atom stereocenters. The normalized spacial score (nSPS) is 19.5. The van der Waals surface area contributed by atoms with Crippen molar-refractivity contribution in [2.24, 2.45) is 11.8 Å². The van der Waals surface area contributed by atoms with Gasteiger partial charge in [-0.3, -0.25) is 9.59 Å². The molecule has 0 saturated carbocycles. The summed E-state index contributed by atoms with van der Waals surface area (Å²) >= 11 is 0. The SMILES string of the molecule is COC(=O)N[C@H](C(=O)N1CCC[C@H]1c1ncc(-c2ccc3cc2OCCOCCOCCOCCOCCOc2cc-3ccc2-c2cnc([C@@H]3CCCN3C(=O)[C@@H](NC(=O)OC)C(C)C)[nH]2)[nH]1)C(C)C. The van der Waals surface area contributed by atoms with E-state index in [-0.39, 0.29) is 48.9 Å². The number of H-pyrrole nitrogens is 2. The van der Waals surface area contributed by atoms with E-state index >= 15 is 0 Å². The number of benzene rings is 2. The van der Waals surface area contributed by atoms with Crippen molar-refractivity contribution in [3.63, 3.8) is 0 Å². The van der Waals surface area contributed by atoms with E-state index in [0.717, 1.165) is 35.1 Å². The number of ether oxygens (including phenoxy) is 8. The molecule has 5 heterocycles. The van der Waals surface area contributed by atoms with Crippen LogP contribution in [0.2, 0.25) is 0 Å². The molecule has 2 saturated heterocycles. The summed E-state index contributed by atoms with van der Waals surface area (Å²) in [6.45, 7) is 12.2. The average molecular weight is 973 g/mol. The zero-order chi connectivity index (χ0) is 49.6. The predicted molar refractivity (Wildman–Crippen MR) is 257 cm³/mol. The number of hydrogen-bond donors (Lipinski definition) is 4. The van der Waals surface area contributed by atoms with Gasteiger partial charge in [0, 0.05) is 24.2 Å². The molecule has 0 radical (unpaired) electrons. The standard InChI is InChI=1S/C50H68N8O12/c1-31(2)43(55-49(61)63-5)47(59)57-15-7-9-39(57)45-51-29-37(53-45)35-13-11-33-27-41(35)69-25-23-67-21-19-65-17-18-66-20-22-68-24-26-70-42-28-34(33)12-14-36(42)38-30-52-46(54-38)40-10-8-16-58(40)48(60)44(32(3)4)56-50(62)64-6/h11-14,27-32,39-40,43-44H,7-10,15-26H2,1-6H3,(H,51,53)(H,52,54)(H,55,61)(H,56,62)/t39-,40-,43-,44-/m0/s1. The van der Waals surface area contributed by atoms with Crippen LogP contribution < -0.4 is 20.1 Å². The zero-order valence-electron chi connectivity index (χ0n) is 41.1. The fraction of sp³-hybridized carbons (Fsp3) is 0.560. The van der Waals surface area contributed by atoms with Gasteiger partial charge in [-0.15, -0.1) is 0 Å². The molecule has 3 aliphatic rings. The van der Waals surface area contributed by atoms with Gasteiger partial charge in [0.1, 0.15) is 48.4 Å². The number of carbonyl (C=O) groups is 4. The van der Waals surface area contributed by atoms with Gasteiger partial charge in [0.05, 0.1) is 103 Å². The van der Waals surface area contributed by atoms with Gasteiger partial charge in [0.25, 0.3) is 0 Å². The number of hydrogen-bond acceptors (Lipinski definition) is 14. The minimum atomic E-state index is -0.754. The minimum absolute atomic E-state index is 0.162. The minimum Gasteiger partial charge on any atom is -0.490 e. The van der Waals surface area contributed by atoms with Crippen molar-refractivity contribution < 1.29 is 57.1 Å². The van der Waals surface area contributed by atoms with Crippen molar-refractivity contribution in [1.82, 2.24) is 40.4 Å². The molecule has 380 valence electrons. The lowest BCUT2D eigenvalue weighted by molar-refractivity contribution is -0.136. The summed E-state index contributed by atoms with van der Waals surface area (Å²) in [5.41, 5.74) is 4.65. The molecule has 7 rings (SSSR count). The average Bonchev–Trinajstić information content (AvgIpc) is 4.21. The Balaban J connectivity index is 1.17. The van der Waals surface area contributed by atoms with Crippen LogP contribution in [0.5, 0.6) is 11.5 Å². The van der Waals surface area contributed by atoms with E-state index in [1.165, 1.54) is 14.2 Å². The number of imidazole rings is 2. The lowest BCUT2D eigenvalue weighted by Gasteiger charge is -2.30. The molecular formula is C50H68N8O12. The summed E-state index contributed by atoms with van der Waals surface area (Å²) in [4.78, 5) is 72.2. The van der Waals surface area contributed by atoms with Crippen molar-refractivity contribution >= 4 is 24.0 Å². The van der Waals surface area contributed by atoms with Gasteiger partial charge in [-0.25, -0.2) is 19.6 Å². The van der Waals surface area contributed by atoms with Gasteiger partial charge in [-0.2, -0.15) is 0 Å². The van der Waals surface area contributed by atoms with E-state index < -0.39 is 24.3 Å². The molecule has 70 heavy (non-hydrogen) atoms. The quantitative estimate of drug-likeness (QED) is 0.142. The second-order valence-electron chi connectivity index (χ2n) is 18.0. The summed E-state index contributed by atoms with van der Waals surface area (Å²) < 4.78 is 45.6. The van der Waals surface area contributed by atoms with Gasteiger partial charge in [-0.1, -0.05) is 39.8 Å². The number of rotatable bonds is 10. The Kier molecular flexibility index (Phi) is 18.5. The fourth-order valence-electron chi connectivity index (χ4n) is 8.94. The van der Waals surface area contributed by atoms with Crippen molar-refractivity contribution in [3.05, 3.63) is 60.4 Å². The molecule has 4 atom stereocenters. The van der Waals surface area contributed by atoms with Crippen LogP contribution in [0.4, 0.5) is 9.59 Å². The lowest BCUT2D eigenvalue weighted by atomic mass is 9.99. The van der Waals surface area contributed by atoms with Gasteiger partial charge in [0.15, 0.2) is 0 Å². The van der Waals surface area contributed by atoms with Crippen LogP contribution in [-0.2, 0) is 38.0 Å². The molecule has 2 aromatic carbocycles. The number of alkyl carbamates (subject to hydrolysis) is 2. The van der Waals surface area contributed by atoms with Crippen LogP contribution in [0.1, 0.15) is 77.1 Å². The van der Waals surface area contributed by atoms with E-state index in [1.807, 2.05) is 64.1 Å². The van der Waals surface area contributed by atoms with E-state index in [1.54, 1.807) is 22.2 Å². The molecule has 4 bridgehead atoms. The van der Waals surface area contributed by atoms with Gasteiger partial charge < -0.3 is 68.3 Å². The van der Waals surface area contributed by atoms with Crippen molar-refractivity contribution in [3.8, 4) is 45.1 Å². The Bertz CT molecular complexity index is 2210. The largest absolute Gasteiger partial charge is 0.490 e. The second-order valence-corrected chi connectivity index (χ2v) is 18.0. The summed E-state index contributed by atoms with van der Waals surface area (Å²) in [6.07, 6.45) is 5.17. The van der Waals surface area contributed by atoms with Crippen molar-refractivity contribution in [1.29, 1.82) is 0 Å². The maximum absolute atomic E-state index is 13.9. The highest BCUT2D eigenvalue weighted by Crippen LogP contribution is 2.40. The molecule has 4 amide bonds. The highest BCUT2D eigenvalue weighted by molar-refractivity contribution is 5.87. The molecule has 4 aromatic rings. The number of carbonyl (C=O) groups excluding carboxylic acids is 4. The third kappa shape index (κ3) is 12.9. The molecule has 2 fully saturated rings. The predicted octanol–water partition coefficient (Wildman–Crippen LogP) is 6.06. The molecule has 3 aliphatic heterocycles. The Labute approximate surface area is 408 Å². The number of likely N-dealkylation sites (tertiary alicyclic amines) is 2. The van der Waals surface area contributed by atoms with E-state index in [4.69, 9.17) is 47.9 Å². The second kappa shape index (κ2) is 25.1. The smallest absolute Gasteiger partial charge is 0.407 e. The maximum Gasteiger partial charge on any atom is 0.407 e. The Morgan fingerprint density at radius 3 is 1.31 bits per heavy atom. The molecule has 0 aliphatic carbocycles. The first-order valence-corrected chi connectivity index (χ1v) is 24.2. The fourth-order valence-corrected chi connectivity index (χ4v) is 8.94. The zero-order valence-corrected chi connectivity index (χ0v) is 41.1. The molecule has 20 nitrogen and oxygen atoms in total. The third-order valence-corrected chi connectivity index (χ3v) is 12.6. The van der Waals surface area contributed by atoms with Crippen LogP contribution in [0.25, 0.3) is 33.6 Å². The van der Waals surface area contributed by atoms with Gasteiger partial charge in [-0.05, 0) is 72.9 Å². The first-order valence-electron chi connectivity index (χ1n) is 24.2. The highest BCUT2D eigenvalue weighted by atomic mass is 16.6. The maximum atomic E-state index is 13.9. The summed E-state index contributed by atoms with van der Waals surface area (Å²) in [5.74, 6) is 1.74. The van der Waals surface area contributed by atoms with Crippen LogP contribution in [0, 0.1) is 11.8 Å². The van der Waals surface area contributed by atoms with Crippen molar-refractivity contribution in [2.45, 2.75) is 77.5 Å². The van der Waals surface area contributed by atoms with Crippen LogP contribution in [-0.4, -0.2) is 159 Å². The van der Waals surface area contributed by atoms with Gasteiger partial charge >= 0.3 is 12.2 Å². The number of fused-ring (bicyclic) bond motifs is 5. The van der Waals surface area contributed by atoms with Gasteiger partial charge in [0.2, 0.25) is 11.8 Å². The Morgan fingerprint density at radius 1 is 0.586 bits per heavy atom. The summed E-state index contributed by atoms with van der Waals surface area (Å²) in [5, 5.41) is 5.42. The first kappa shape index (κ1) is 51.6. The van der Waals surface area contributed by atoms with E-state index in [2.05, 4.69) is 20.6 Å². The van der Waals surface area contributed by atoms with Crippen LogP contribution in [0.3, 0.4) is 0 Å². The molecule has 2 aromatic heterocycles. The van der Waals surface area contributed by atoms with E-state index in [0.29, 0.717) is 113 Å². The monoisotopic (exact) mass is 972 g/mol. The number of nitrogens with one attached hydrogen (secondary N) is 4. The molecule has 0 spiro atoms. The first-order chi connectivity index (χ1) is 34.0.